The Hall–Kier alpha value is -3.27. The highest BCUT2D eigenvalue weighted by atomic mass is 15.2. The molecule has 0 fully saturated rings. The van der Waals surface area contributed by atoms with Crippen molar-refractivity contribution in [2.24, 2.45) is 10.2 Å². The van der Waals surface area contributed by atoms with E-state index in [0.717, 1.165) is 39.5 Å². The van der Waals surface area contributed by atoms with Gasteiger partial charge in [0.05, 0.1) is 5.69 Å². The maximum atomic E-state index is 4.84. The highest BCUT2D eigenvalue weighted by molar-refractivity contribution is 5.75. The quantitative estimate of drug-likeness (QED) is 0.401. The molecule has 4 heteroatoms. The lowest BCUT2D eigenvalue weighted by molar-refractivity contribution is 1.09. The summed E-state index contributed by atoms with van der Waals surface area (Å²) in [4.78, 5) is 4.84. The van der Waals surface area contributed by atoms with Crippen molar-refractivity contribution in [1.82, 2.24) is 9.38 Å². The van der Waals surface area contributed by atoms with E-state index >= 15 is 0 Å². The molecule has 0 aliphatic heterocycles. The number of hydrogen-bond acceptors (Lipinski definition) is 3. The smallest absolute Gasteiger partial charge is 0.187 e. The summed E-state index contributed by atoms with van der Waals surface area (Å²) in [5.74, 6) is 0.745. The second kappa shape index (κ2) is 6.56. The first kappa shape index (κ1) is 16.2. The molecular formula is C22H20N4. The summed E-state index contributed by atoms with van der Waals surface area (Å²) < 4.78 is 2.00. The average Bonchev–Trinajstić information content (AvgIpc) is 3.02. The molecule has 0 amide bonds. The Labute approximate surface area is 152 Å². The second-order valence-electron chi connectivity index (χ2n) is 6.52. The van der Waals surface area contributed by atoms with E-state index in [9.17, 15) is 0 Å². The lowest BCUT2D eigenvalue weighted by atomic mass is 10.1. The van der Waals surface area contributed by atoms with Crippen LogP contribution in [0.15, 0.2) is 77.1 Å². The van der Waals surface area contributed by atoms with Gasteiger partial charge in [0.25, 0.3) is 0 Å². The van der Waals surface area contributed by atoms with Gasteiger partial charge in [-0.1, -0.05) is 54.1 Å². The van der Waals surface area contributed by atoms with E-state index in [-0.39, 0.29) is 0 Å². The second-order valence-corrected chi connectivity index (χ2v) is 6.52. The maximum Gasteiger partial charge on any atom is 0.187 e. The molecule has 0 unspecified atom stereocenters. The molecule has 26 heavy (non-hydrogen) atoms. The molecule has 0 saturated heterocycles. The van der Waals surface area contributed by atoms with Gasteiger partial charge in [-0.05, 0) is 44.0 Å². The Balaban J connectivity index is 1.90. The van der Waals surface area contributed by atoms with Gasteiger partial charge in [-0.25, -0.2) is 4.98 Å². The average molecular weight is 340 g/mol. The van der Waals surface area contributed by atoms with Gasteiger partial charge in [-0.15, -0.1) is 10.2 Å². The van der Waals surface area contributed by atoms with Crippen molar-refractivity contribution in [2.75, 3.05) is 0 Å². The number of rotatable bonds is 3. The summed E-state index contributed by atoms with van der Waals surface area (Å²) in [7, 11) is 0. The Morgan fingerprint density at radius 2 is 1.62 bits per heavy atom. The molecule has 0 bridgehead atoms. The van der Waals surface area contributed by atoms with E-state index in [1.54, 1.807) is 0 Å². The third-order valence-corrected chi connectivity index (χ3v) is 4.47. The number of aryl methyl sites for hydroxylation is 3. The van der Waals surface area contributed by atoms with Gasteiger partial charge in [-0.3, -0.25) is 4.40 Å². The monoisotopic (exact) mass is 340 g/mol. The zero-order valence-electron chi connectivity index (χ0n) is 15.1. The molecule has 2 heterocycles. The first-order chi connectivity index (χ1) is 12.6. The van der Waals surface area contributed by atoms with E-state index in [2.05, 4.69) is 49.2 Å². The minimum absolute atomic E-state index is 0.745. The van der Waals surface area contributed by atoms with Crippen LogP contribution in [0.5, 0.6) is 0 Å². The van der Waals surface area contributed by atoms with Gasteiger partial charge in [0.1, 0.15) is 11.3 Å². The Morgan fingerprint density at radius 3 is 2.38 bits per heavy atom. The van der Waals surface area contributed by atoms with Crippen molar-refractivity contribution in [3.8, 4) is 11.3 Å². The Kier molecular flexibility index (Phi) is 4.09. The summed E-state index contributed by atoms with van der Waals surface area (Å²) in [5, 5.41) is 9.12. The predicted octanol–water partition coefficient (Wildman–Crippen LogP) is 6.34. The van der Waals surface area contributed by atoms with E-state index in [4.69, 9.17) is 4.98 Å². The molecule has 2 aromatic carbocycles. The van der Waals surface area contributed by atoms with Crippen LogP contribution in [0.4, 0.5) is 11.5 Å². The van der Waals surface area contributed by atoms with Gasteiger partial charge in [0, 0.05) is 11.8 Å². The van der Waals surface area contributed by atoms with Gasteiger partial charge >= 0.3 is 0 Å². The molecule has 0 aliphatic rings. The molecule has 0 radical (unpaired) electrons. The van der Waals surface area contributed by atoms with Crippen LogP contribution in [0.1, 0.15) is 16.7 Å². The summed E-state index contributed by atoms with van der Waals surface area (Å²) in [6.45, 7) is 6.19. The lowest BCUT2D eigenvalue weighted by Gasteiger charge is -2.02. The SMILES string of the molecule is Cc1ccc(N=Nc2c(-c3ccccc3)nc3c(C)cccn23)c(C)c1. The van der Waals surface area contributed by atoms with Gasteiger partial charge in [0.2, 0.25) is 0 Å². The fourth-order valence-corrected chi connectivity index (χ4v) is 3.10. The summed E-state index contributed by atoms with van der Waals surface area (Å²) in [5.41, 5.74) is 7.09. The van der Waals surface area contributed by atoms with Crippen molar-refractivity contribution in [3.05, 3.63) is 83.6 Å². The lowest BCUT2D eigenvalue weighted by Crippen LogP contribution is -1.85. The number of imidazole rings is 1. The molecule has 4 rings (SSSR count). The number of pyridine rings is 1. The molecule has 0 atom stereocenters. The van der Waals surface area contributed by atoms with Gasteiger partial charge < -0.3 is 0 Å². The number of hydrogen-bond donors (Lipinski definition) is 0. The van der Waals surface area contributed by atoms with Crippen LogP contribution in [0.25, 0.3) is 16.9 Å². The van der Waals surface area contributed by atoms with Crippen molar-refractivity contribution in [3.63, 3.8) is 0 Å². The predicted molar refractivity (Wildman–Crippen MR) is 105 cm³/mol. The maximum absolute atomic E-state index is 4.84. The van der Waals surface area contributed by atoms with Crippen LogP contribution >= 0.6 is 0 Å². The first-order valence-corrected chi connectivity index (χ1v) is 8.65. The first-order valence-electron chi connectivity index (χ1n) is 8.65. The topological polar surface area (TPSA) is 42.0 Å². The Bertz CT molecular complexity index is 1110. The third-order valence-electron chi connectivity index (χ3n) is 4.47. The summed E-state index contributed by atoms with van der Waals surface area (Å²) >= 11 is 0. The molecule has 0 saturated carbocycles. The molecule has 0 spiro atoms. The zero-order valence-corrected chi connectivity index (χ0v) is 15.1. The van der Waals surface area contributed by atoms with E-state index in [1.165, 1.54) is 5.56 Å². The normalized spacial score (nSPS) is 11.5. The Morgan fingerprint density at radius 1 is 0.808 bits per heavy atom. The number of aromatic nitrogens is 2. The van der Waals surface area contributed by atoms with Crippen LogP contribution < -0.4 is 0 Å². The zero-order chi connectivity index (χ0) is 18.1. The van der Waals surface area contributed by atoms with E-state index < -0.39 is 0 Å². The minimum atomic E-state index is 0.745. The number of benzene rings is 2. The molecule has 4 nitrogen and oxygen atoms in total. The molecule has 4 aromatic rings. The molecule has 128 valence electrons. The highest BCUT2D eigenvalue weighted by Crippen LogP contribution is 2.33. The number of azo groups is 1. The van der Waals surface area contributed by atoms with Crippen LogP contribution in [-0.4, -0.2) is 9.38 Å². The minimum Gasteiger partial charge on any atom is -0.282 e. The van der Waals surface area contributed by atoms with Gasteiger partial charge in [-0.2, -0.15) is 0 Å². The number of fused-ring (bicyclic) bond motifs is 1. The van der Waals surface area contributed by atoms with Gasteiger partial charge in [0.15, 0.2) is 5.82 Å². The van der Waals surface area contributed by atoms with Crippen LogP contribution in [0, 0.1) is 20.8 Å². The van der Waals surface area contributed by atoms with Crippen LogP contribution in [0.2, 0.25) is 0 Å². The van der Waals surface area contributed by atoms with E-state index in [1.807, 2.05) is 53.1 Å². The van der Waals surface area contributed by atoms with Crippen molar-refractivity contribution in [2.45, 2.75) is 20.8 Å². The van der Waals surface area contributed by atoms with E-state index in [0.29, 0.717) is 0 Å². The standard InChI is InChI=1S/C22H20N4/c1-15-11-12-19(17(3)14-15)24-25-22-20(18-9-5-4-6-10-18)23-21-16(2)8-7-13-26(21)22/h4-14H,1-3H3. The fourth-order valence-electron chi connectivity index (χ4n) is 3.10. The van der Waals surface area contributed by atoms with Crippen LogP contribution in [-0.2, 0) is 0 Å². The van der Waals surface area contributed by atoms with Crippen molar-refractivity contribution >= 4 is 17.2 Å². The van der Waals surface area contributed by atoms with Crippen LogP contribution in [0.3, 0.4) is 0 Å². The highest BCUT2D eigenvalue weighted by Gasteiger charge is 2.15. The molecule has 0 aliphatic carbocycles. The fraction of sp³-hybridized carbons (Fsp3) is 0.136. The summed E-state index contributed by atoms with van der Waals surface area (Å²) in [6, 6.07) is 20.4. The largest absolute Gasteiger partial charge is 0.282 e. The third kappa shape index (κ3) is 2.90. The molecule has 2 aromatic heterocycles. The molecule has 0 N–H and O–H groups in total. The number of nitrogens with zero attached hydrogens (tertiary/aromatic N) is 4. The van der Waals surface area contributed by atoms with Crippen molar-refractivity contribution < 1.29 is 0 Å². The molecular weight excluding hydrogens is 320 g/mol. The summed E-state index contributed by atoms with van der Waals surface area (Å²) in [6.07, 6.45) is 1.98. The van der Waals surface area contributed by atoms with Crippen molar-refractivity contribution in [1.29, 1.82) is 0 Å².